The number of hydrogen-bond acceptors (Lipinski definition) is 3. The molecule has 33 heavy (non-hydrogen) atoms. The highest BCUT2D eigenvalue weighted by Gasteiger charge is 2.41. The average Bonchev–Trinajstić information content (AvgIpc) is 3.31. The zero-order chi connectivity index (χ0) is 22.9. The number of thiocarbonyl (C=S) groups is 1. The van der Waals surface area contributed by atoms with E-state index in [2.05, 4.69) is 97.0 Å². The fourth-order valence-electron chi connectivity index (χ4n) is 4.68. The van der Waals surface area contributed by atoms with E-state index in [0.717, 1.165) is 26.5 Å². The largest absolute Gasteiger partial charge is 0.352 e. The van der Waals surface area contributed by atoms with Crippen LogP contribution in [0, 0.1) is 13.8 Å². The summed E-state index contributed by atoms with van der Waals surface area (Å²) < 4.78 is 3.37. The molecule has 0 radical (unpaired) electrons. The Kier molecular flexibility index (Phi) is 6.00. The van der Waals surface area contributed by atoms with Crippen molar-refractivity contribution in [2.24, 2.45) is 0 Å². The van der Waals surface area contributed by atoms with Crippen molar-refractivity contribution in [2.45, 2.75) is 32.5 Å². The van der Waals surface area contributed by atoms with E-state index in [0.29, 0.717) is 6.54 Å². The van der Waals surface area contributed by atoms with Gasteiger partial charge in [0.05, 0.1) is 17.8 Å². The van der Waals surface area contributed by atoms with E-state index in [1.165, 1.54) is 17.0 Å². The van der Waals surface area contributed by atoms with Crippen molar-refractivity contribution in [3.8, 4) is 5.69 Å². The first kappa shape index (κ1) is 21.8. The molecule has 3 aromatic heterocycles. The van der Waals surface area contributed by atoms with Crippen LogP contribution in [0.3, 0.4) is 0 Å². The summed E-state index contributed by atoms with van der Waals surface area (Å²) in [6.45, 7) is 5.01. The number of benzene rings is 1. The molecule has 1 aliphatic heterocycles. The summed E-state index contributed by atoms with van der Waals surface area (Å²) in [5, 5.41) is 4.28. The normalized spacial score (nSPS) is 17.9. The van der Waals surface area contributed by atoms with Gasteiger partial charge < -0.3 is 14.8 Å². The average molecular weight is 518 g/mol. The third-order valence-corrected chi connectivity index (χ3v) is 7.03. The molecule has 5 nitrogen and oxygen atoms in total. The van der Waals surface area contributed by atoms with Crippen molar-refractivity contribution in [1.82, 2.24) is 24.8 Å². The van der Waals surface area contributed by atoms with Gasteiger partial charge in [0.1, 0.15) is 0 Å². The maximum Gasteiger partial charge on any atom is 0.170 e. The van der Waals surface area contributed by atoms with Gasteiger partial charge in [-0.15, -0.1) is 0 Å². The number of hydrogen-bond donors (Lipinski definition) is 1. The molecule has 1 N–H and O–H groups in total. The molecule has 0 amide bonds. The summed E-state index contributed by atoms with van der Waals surface area (Å²) in [7, 11) is 0. The number of pyridine rings is 2. The Morgan fingerprint density at radius 3 is 2.55 bits per heavy atom. The van der Waals surface area contributed by atoms with E-state index >= 15 is 0 Å². The van der Waals surface area contributed by atoms with Crippen molar-refractivity contribution >= 4 is 33.3 Å². The Labute approximate surface area is 207 Å². The number of aromatic nitrogens is 3. The lowest BCUT2D eigenvalue weighted by atomic mass is 9.96. The van der Waals surface area contributed by atoms with Gasteiger partial charge in [0.25, 0.3) is 0 Å². The lowest BCUT2D eigenvalue weighted by molar-refractivity contribution is 0.310. The molecule has 4 aromatic rings. The van der Waals surface area contributed by atoms with Gasteiger partial charge >= 0.3 is 0 Å². The molecule has 1 fully saturated rings. The summed E-state index contributed by atoms with van der Waals surface area (Å²) >= 11 is 9.38. The van der Waals surface area contributed by atoms with E-state index in [-0.39, 0.29) is 12.1 Å². The minimum atomic E-state index is -0.0470. The maximum absolute atomic E-state index is 5.84. The second-order valence-electron chi connectivity index (χ2n) is 8.25. The predicted molar refractivity (Wildman–Crippen MR) is 138 cm³/mol. The minimum Gasteiger partial charge on any atom is -0.352 e. The van der Waals surface area contributed by atoms with E-state index in [4.69, 9.17) is 12.2 Å². The highest BCUT2D eigenvalue weighted by Crippen LogP contribution is 2.42. The Morgan fingerprint density at radius 1 is 1.03 bits per heavy atom. The number of aryl methyl sites for hydroxylation is 1. The van der Waals surface area contributed by atoms with Crippen molar-refractivity contribution < 1.29 is 0 Å². The van der Waals surface area contributed by atoms with E-state index in [9.17, 15) is 0 Å². The van der Waals surface area contributed by atoms with E-state index in [1.54, 1.807) is 6.20 Å². The maximum atomic E-state index is 5.84. The van der Waals surface area contributed by atoms with Crippen LogP contribution in [-0.4, -0.2) is 24.5 Å². The van der Waals surface area contributed by atoms with Crippen LogP contribution in [0.1, 0.15) is 40.3 Å². The molecule has 2 atom stereocenters. The van der Waals surface area contributed by atoms with Crippen LogP contribution in [0.15, 0.2) is 83.7 Å². The number of nitrogens with one attached hydrogen (secondary N) is 1. The number of rotatable bonds is 5. The van der Waals surface area contributed by atoms with Gasteiger partial charge in [-0.05, 0) is 85.7 Å². The Morgan fingerprint density at radius 2 is 1.85 bits per heavy atom. The minimum absolute atomic E-state index is 0.00278. The van der Waals surface area contributed by atoms with Crippen LogP contribution in [-0.2, 0) is 6.54 Å². The molecule has 0 saturated carbocycles. The van der Waals surface area contributed by atoms with Crippen LogP contribution in [0.4, 0.5) is 0 Å². The van der Waals surface area contributed by atoms with Crippen molar-refractivity contribution in [3.05, 3.63) is 112 Å². The van der Waals surface area contributed by atoms with Crippen LogP contribution in [0.2, 0.25) is 0 Å². The highest BCUT2D eigenvalue weighted by atomic mass is 79.9. The molecular weight excluding hydrogens is 494 g/mol. The first-order valence-electron chi connectivity index (χ1n) is 10.8. The number of halogens is 1. The van der Waals surface area contributed by atoms with Gasteiger partial charge in [0.15, 0.2) is 5.11 Å². The molecule has 7 heteroatoms. The zero-order valence-corrected chi connectivity index (χ0v) is 20.8. The van der Waals surface area contributed by atoms with Crippen molar-refractivity contribution in [3.63, 3.8) is 0 Å². The van der Waals surface area contributed by atoms with Crippen LogP contribution in [0.25, 0.3) is 5.69 Å². The molecule has 4 heterocycles. The Bertz CT molecular complexity index is 1270. The summed E-state index contributed by atoms with van der Waals surface area (Å²) in [6, 6.07) is 20.7. The molecule has 1 aromatic carbocycles. The molecule has 1 saturated heterocycles. The lowest BCUT2D eigenvalue weighted by Gasteiger charge is -2.28. The molecule has 5 rings (SSSR count). The number of nitrogens with zero attached hydrogens (tertiary/aromatic N) is 4. The van der Waals surface area contributed by atoms with Crippen LogP contribution >= 0.6 is 28.1 Å². The van der Waals surface area contributed by atoms with Gasteiger partial charge in [-0.3, -0.25) is 9.97 Å². The summed E-state index contributed by atoms with van der Waals surface area (Å²) in [5.41, 5.74) is 6.86. The van der Waals surface area contributed by atoms with Gasteiger partial charge in [0.2, 0.25) is 0 Å². The molecule has 0 bridgehead atoms. The van der Waals surface area contributed by atoms with Gasteiger partial charge in [-0.2, -0.15) is 0 Å². The van der Waals surface area contributed by atoms with Crippen molar-refractivity contribution in [2.75, 3.05) is 0 Å². The van der Waals surface area contributed by atoms with Gasteiger partial charge in [0, 0.05) is 46.7 Å². The van der Waals surface area contributed by atoms with E-state index < -0.39 is 0 Å². The molecule has 0 aliphatic carbocycles. The van der Waals surface area contributed by atoms with Gasteiger partial charge in [-0.25, -0.2) is 0 Å². The van der Waals surface area contributed by atoms with Crippen molar-refractivity contribution in [1.29, 1.82) is 0 Å². The summed E-state index contributed by atoms with van der Waals surface area (Å²) in [4.78, 5) is 11.2. The second kappa shape index (κ2) is 9.08. The van der Waals surface area contributed by atoms with Crippen LogP contribution in [0.5, 0.6) is 0 Å². The summed E-state index contributed by atoms with van der Waals surface area (Å²) in [6.07, 6.45) is 5.54. The third kappa shape index (κ3) is 4.18. The molecule has 0 unspecified atom stereocenters. The lowest BCUT2D eigenvalue weighted by Crippen LogP contribution is -2.29. The smallest absolute Gasteiger partial charge is 0.170 e. The monoisotopic (exact) mass is 517 g/mol. The van der Waals surface area contributed by atoms with Gasteiger partial charge in [-0.1, -0.05) is 28.1 Å². The quantitative estimate of drug-likeness (QED) is 0.338. The van der Waals surface area contributed by atoms with Crippen LogP contribution < -0.4 is 5.32 Å². The van der Waals surface area contributed by atoms with E-state index in [1.807, 2.05) is 30.6 Å². The fourth-order valence-corrected chi connectivity index (χ4v) is 5.25. The first-order valence-corrected chi connectivity index (χ1v) is 12.0. The topological polar surface area (TPSA) is 46.0 Å². The molecule has 166 valence electrons. The second-order valence-corrected chi connectivity index (χ2v) is 9.56. The summed E-state index contributed by atoms with van der Waals surface area (Å²) in [5.74, 6) is 0. The standard InChI is InChI=1S/C26H24BrN5S/c1-17-14-22(18(2)32(17)21-10-8-20(27)9-11-21)25-24(23-7-3-4-13-29-23)30-26(33)31(25)16-19-6-5-12-28-15-19/h3-15,24-25H,16H2,1-2H3,(H,30,33)/t24-,25+/m1/s1. The molecule has 0 spiro atoms. The first-order chi connectivity index (χ1) is 16.0. The highest BCUT2D eigenvalue weighted by molar-refractivity contribution is 9.10. The zero-order valence-electron chi connectivity index (χ0n) is 18.4. The molecular formula is C26H24BrN5S. The Hall–Kier alpha value is -3.03. The predicted octanol–water partition coefficient (Wildman–Crippen LogP) is 5.82. The fraction of sp³-hybridized carbons (Fsp3) is 0.192. The molecule has 1 aliphatic rings. The SMILES string of the molecule is Cc1cc([C@H]2[C@@H](c3ccccn3)NC(=S)N2Cc2cccnc2)c(C)n1-c1ccc(Br)cc1. The Balaban J connectivity index is 1.61. The third-order valence-electron chi connectivity index (χ3n) is 6.15.